The van der Waals surface area contributed by atoms with Gasteiger partial charge in [0.15, 0.2) is 11.2 Å². The number of nitrogens with one attached hydrogen (secondary N) is 1. The van der Waals surface area contributed by atoms with Crippen LogP contribution in [0.25, 0.3) is 0 Å². The molecule has 18 heavy (non-hydrogen) atoms. The Bertz CT molecular complexity index is 426. The van der Waals surface area contributed by atoms with Gasteiger partial charge in [-0.05, 0) is 0 Å². The van der Waals surface area contributed by atoms with Crippen LogP contribution in [0.1, 0.15) is 19.5 Å². The minimum atomic E-state index is -0.333. The van der Waals surface area contributed by atoms with Crippen molar-refractivity contribution in [3.05, 3.63) is 11.1 Å². The van der Waals surface area contributed by atoms with E-state index in [0.717, 1.165) is 23.9 Å². The second-order valence-electron chi connectivity index (χ2n) is 4.59. The first kappa shape index (κ1) is 13.3. The Morgan fingerprint density at radius 3 is 3.28 bits per heavy atom. The number of ether oxygens (including phenoxy) is 1. The van der Waals surface area contributed by atoms with Gasteiger partial charge in [-0.15, -0.1) is 11.3 Å². The number of hydrogen-bond acceptors (Lipinski definition) is 6. The molecule has 1 aromatic rings. The molecule has 5 nitrogen and oxygen atoms in total. The van der Waals surface area contributed by atoms with Crippen LogP contribution in [0.15, 0.2) is 5.38 Å². The molecule has 1 aliphatic heterocycles. The Kier molecular flexibility index (Phi) is 4.53. The maximum absolute atomic E-state index is 8.88. The zero-order valence-electron chi connectivity index (χ0n) is 10.7. The van der Waals surface area contributed by atoms with Crippen LogP contribution in [0.3, 0.4) is 0 Å². The minimum Gasteiger partial charge on any atom is -0.360 e. The molecule has 6 heteroatoms. The van der Waals surface area contributed by atoms with Gasteiger partial charge < -0.3 is 15.0 Å². The lowest BCUT2D eigenvalue weighted by Crippen LogP contribution is -2.41. The predicted molar refractivity (Wildman–Crippen MR) is 71.7 cm³/mol. The van der Waals surface area contributed by atoms with E-state index in [2.05, 4.69) is 40.5 Å². The summed E-state index contributed by atoms with van der Waals surface area (Å²) in [5.41, 5.74) is 1.06. The van der Waals surface area contributed by atoms with E-state index in [9.17, 15) is 0 Å². The Hall–Kier alpha value is -1.16. The van der Waals surface area contributed by atoms with Crippen LogP contribution >= 0.6 is 11.3 Å². The predicted octanol–water partition coefficient (Wildman–Crippen LogP) is 1.37. The molecule has 1 N–H and O–H groups in total. The Balaban J connectivity index is 1.95. The third kappa shape index (κ3) is 3.42. The van der Waals surface area contributed by atoms with E-state index in [-0.39, 0.29) is 6.10 Å². The maximum Gasteiger partial charge on any atom is 0.185 e. The normalized spacial score (nSPS) is 20.1. The van der Waals surface area contributed by atoms with Gasteiger partial charge in [-0.2, -0.15) is 5.26 Å². The highest BCUT2D eigenvalue weighted by Crippen LogP contribution is 2.22. The number of hydrogen-bond donors (Lipinski definition) is 1. The molecule has 2 rings (SSSR count). The summed E-state index contributed by atoms with van der Waals surface area (Å²) in [5, 5.41) is 15.3. The molecule has 1 aliphatic rings. The number of morpholine rings is 1. The lowest BCUT2D eigenvalue weighted by molar-refractivity contribution is 0.0764. The third-order valence-corrected chi connectivity index (χ3v) is 3.66. The fraction of sp³-hybridized carbons (Fsp3) is 0.667. The average molecular weight is 266 g/mol. The molecule has 1 fully saturated rings. The van der Waals surface area contributed by atoms with Crippen LogP contribution in [-0.2, 0) is 11.3 Å². The molecule has 2 heterocycles. The summed E-state index contributed by atoms with van der Waals surface area (Å²) >= 11 is 1.63. The summed E-state index contributed by atoms with van der Waals surface area (Å²) in [6.45, 7) is 7.04. The van der Waals surface area contributed by atoms with Crippen LogP contribution < -0.4 is 10.2 Å². The quantitative estimate of drug-likeness (QED) is 0.892. The molecule has 0 amide bonds. The number of nitrogens with zero attached hydrogens (tertiary/aromatic N) is 3. The van der Waals surface area contributed by atoms with Gasteiger partial charge in [-0.25, -0.2) is 4.98 Å². The highest BCUT2D eigenvalue weighted by Gasteiger charge is 2.22. The second-order valence-corrected chi connectivity index (χ2v) is 5.43. The Morgan fingerprint density at radius 2 is 2.56 bits per heavy atom. The van der Waals surface area contributed by atoms with Crippen LogP contribution in [0.4, 0.5) is 5.13 Å². The van der Waals surface area contributed by atoms with Crippen LogP contribution in [-0.4, -0.2) is 36.8 Å². The van der Waals surface area contributed by atoms with Gasteiger partial charge in [-0.1, -0.05) is 13.8 Å². The monoisotopic (exact) mass is 266 g/mol. The van der Waals surface area contributed by atoms with Crippen molar-refractivity contribution in [1.29, 1.82) is 5.26 Å². The average Bonchev–Trinajstić information content (AvgIpc) is 2.85. The van der Waals surface area contributed by atoms with Crippen LogP contribution in [0.5, 0.6) is 0 Å². The molecule has 98 valence electrons. The summed E-state index contributed by atoms with van der Waals surface area (Å²) in [6.07, 6.45) is -0.333. The topological polar surface area (TPSA) is 61.2 Å². The fourth-order valence-corrected chi connectivity index (χ4v) is 2.59. The molecule has 0 saturated carbocycles. The smallest absolute Gasteiger partial charge is 0.185 e. The highest BCUT2D eigenvalue weighted by atomic mass is 32.1. The summed E-state index contributed by atoms with van der Waals surface area (Å²) in [5.74, 6) is 0. The van der Waals surface area contributed by atoms with Crippen LogP contribution in [0, 0.1) is 11.3 Å². The van der Waals surface area contributed by atoms with Crippen molar-refractivity contribution in [2.45, 2.75) is 32.5 Å². The van der Waals surface area contributed by atoms with Gasteiger partial charge in [0.05, 0.1) is 24.9 Å². The van der Waals surface area contributed by atoms with Crippen molar-refractivity contribution >= 4 is 16.5 Å². The van der Waals surface area contributed by atoms with Crippen molar-refractivity contribution in [3.63, 3.8) is 0 Å². The summed E-state index contributed by atoms with van der Waals surface area (Å²) < 4.78 is 5.33. The SMILES string of the molecule is CC(C)NCc1csc(N2CCOC(C#N)C2)n1. The molecule has 0 radical (unpaired) electrons. The molecular weight excluding hydrogens is 248 g/mol. The van der Waals surface area contributed by atoms with Crippen LogP contribution in [0.2, 0.25) is 0 Å². The molecule has 1 aromatic heterocycles. The van der Waals surface area contributed by atoms with Gasteiger partial charge >= 0.3 is 0 Å². The zero-order chi connectivity index (χ0) is 13.0. The fourth-order valence-electron chi connectivity index (χ4n) is 1.73. The summed E-state index contributed by atoms with van der Waals surface area (Å²) in [6, 6.07) is 2.61. The molecule has 0 bridgehead atoms. The molecule has 0 aromatic carbocycles. The van der Waals surface area contributed by atoms with Crippen molar-refractivity contribution in [2.75, 3.05) is 24.6 Å². The van der Waals surface area contributed by atoms with Gasteiger partial charge in [0.25, 0.3) is 0 Å². The van der Waals surface area contributed by atoms with E-state index in [1.54, 1.807) is 11.3 Å². The van der Waals surface area contributed by atoms with Gasteiger partial charge in [0.1, 0.15) is 0 Å². The van der Waals surface area contributed by atoms with Crippen molar-refractivity contribution in [1.82, 2.24) is 10.3 Å². The Morgan fingerprint density at radius 1 is 1.72 bits per heavy atom. The first-order chi connectivity index (χ1) is 8.69. The maximum atomic E-state index is 8.88. The summed E-state index contributed by atoms with van der Waals surface area (Å²) in [7, 11) is 0. The number of rotatable bonds is 4. The molecular formula is C12H18N4OS. The first-order valence-electron chi connectivity index (χ1n) is 6.13. The van der Waals surface area contributed by atoms with E-state index in [1.165, 1.54) is 0 Å². The first-order valence-corrected chi connectivity index (χ1v) is 7.01. The third-order valence-electron chi connectivity index (χ3n) is 2.71. The van der Waals surface area contributed by atoms with E-state index >= 15 is 0 Å². The number of nitriles is 1. The molecule has 0 aliphatic carbocycles. The largest absolute Gasteiger partial charge is 0.360 e. The zero-order valence-corrected chi connectivity index (χ0v) is 11.5. The lowest BCUT2D eigenvalue weighted by atomic mass is 10.3. The van der Waals surface area contributed by atoms with Gasteiger partial charge in [0.2, 0.25) is 0 Å². The van der Waals surface area contributed by atoms with E-state index in [4.69, 9.17) is 10.00 Å². The molecule has 1 saturated heterocycles. The van der Waals surface area contributed by atoms with Crippen molar-refractivity contribution in [3.8, 4) is 6.07 Å². The number of aromatic nitrogens is 1. The second kappa shape index (κ2) is 6.14. The molecule has 0 spiro atoms. The minimum absolute atomic E-state index is 0.333. The number of anilines is 1. The van der Waals surface area contributed by atoms with Gasteiger partial charge in [0, 0.05) is 24.5 Å². The standard InChI is InChI=1S/C12H18N4OS/c1-9(2)14-6-10-8-18-12(15-10)16-3-4-17-11(5-13)7-16/h8-9,11,14H,3-4,6-7H2,1-2H3. The molecule has 1 atom stereocenters. The van der Waals surface area contributed by atoms with E-state index in [0.29, 0.717) is 19.2 Å². The van der Waals surface area contributed by atoms with E-state index < -0.39 is 0 Å². The lowest BCUT2D eigenvalue weighted by Gasteiger charge is -2.29. The number of thiazole rings is 1. The van der Waals surface area contributed by atoms with E-state index in [1.807, 2.05) is 0 Å². The Labute approximate surface area is 111 Å². The van der Waals surface area contributed by atoms with Crippen molar-refractivity contribution < 1.29 is 4.74 Å². The summed E-state index contributed by atoms with van der Waals surface area (Å²) in [4.78, 5) is 6.72. The van der Waals surface area contributed by atoms with Crippen molar-refractivity contribution in [2.24, 2.45) is 0 Å². The molecule has 1 unspecified atom stereocenters. The highest BCUT2D eigenvalue weighted by molar-refractivity contribution is 7.13. The van der Waals surface area contributed by atoms with Gasteiger partial charge in [-0.3, -0.25) is 0 Å².